The molecule has 2 amide bonds. The minimum Gasteiger partial charge on any atom is -0.396 e. The highest BCUT2D eigenvalue weighted by molar-refractivity contribution is 5.95. The van der Waals surface area contributed by atoms with Crippen LogP contribution in [0.2, 0.25) is 0 Å². The Hall–Kier alpha value is -5.87. The van der Waals surface area contributed by atoms with Crippen LogP contribution >= 0.6 is 0 Å². The van der Waals surface area contributed by atoms with Gasteiger partial charge in [0.2, 0.25) is 5.95 Å². The van der Waals surface area contributed by atoms with E-state index in [0.29, 0.717) is 52.5 Å². The number of aliphatic hydroxyl groups is 1. The van der Waals surface area contributed by atoms with Crippen molar-refractivity contribution in [2.75, 3.05) is 32.1 Å². The van der Waals surface area contributed by atoms with E-state index >= 15 is 0 Å². The largest absolute Gasteiger partial charge is 0.396 e. The van der Waals surface area contributed by atoms with E-state index in [0.717, 1.165) is 17.5 Å². The number of carbonyl (C=O) groups is 2. The standard InChI is InChI=1S/C35H33F2N7O4/c1-22-31(34(48)44(43(22)3)21-24-7-13-28(36)29(37)19-24)32(46)38-15-4-6-23-8-14-30-26(18-23)20-39-35(41-30)40-27-11-9-25(10-12-27)33(47)42(2)16-5-17-45/h7-14,18-20,45H,5,15-17,21H2,1-3H3,(H,38,46)(H,39,40,41). The van der Waals surface area contributed by atoms with Crippen molar-refractivity contribution in [2.24, 2.45) is 7.05 Å². The summed E-state index contributed by atoms with van der Waals surface area (Å²) in [6.07, 6.45) is 2.18. The highest BCUT2D eigenvalue weighted by atomic mass is 19.2. The third-order valence-electron chi connectivity index (χ3n) is 7.74. The Morgan fingerprint density at radius 2 is 1.81 bits per heavy atom. The molecule has 0 bridgehead atoms. The molecule has 0 radical (unpaired) electrons. The van der Waals surface area contributed by atoms with E-state index in [-0.39, 0.29) is 31.2 Å². The Morgan fingerprint density at radius 3 is 2.54 bits per heavy atom. The minimum atomic E-state index is -1.02. The Morgan fingerprint density at radius 1 is 1.04 bits per heavy atom. The first kappa shape index (κ1) is 33.5. The van der Waals surface area contributed by atoms with Gasteiger partial charge in [0, 0.05) is 61.3 Å². The molecule has 0 unspecified atom stereocenters. The molecule has 5 rings (SSSR count). The highest BCUT2D eigenvalue weighted by Gasteiger charge is 2.21. The molecule has 0 aliphatic rings. The van der Waals surface area contributed by atoms with Crippen LogP contribution in [0.15, 0.2) is 71.7 Å². The number of fused-ring (bicyclic) bond motifs is 1. The summed E-state index contributed by atoms with van der Waals surface area (Å²) in [6, 6.07) is 15.8. The van der Waals surface area contributed by atoms with Crippen LogP contribution in [0.1, 0.15) is 44.0 Å². The monoisotopic (exact) mass is 653 g/mol. The smallest absolute Gasteiger partial charge is 0.280 e. The van der Waals surface area contributed by atoms with Crippen molar-refractivity contribution in [1.29, 1.82) is 0 Å². The molecule has 3 aromatic carbocycles. The first-order valence-corrected chi connectivity index (χ1v) is 15.0. The summed E-state index contributed by atoms with van der Waals surface area (Å²) in [5.74, 6) is 3.53. The number of halogens is 2. The van der Waals surface area contributed by atoms with E-state index in [9.17, 15) is 23.2 Å². The number of aliphatic hydroxyl groups excluding tert-OH is 1. The lowest BCUT2D eigenvalue weighted by Gasteiger charge is -2.16. The van der Waals surface area contributed by atoms with Gasteiger partial charge >= 0.3 is 0 Å². The molecule has 48 heavy (non-hydrogen) atoms. The van der Waals surface area contributed by atoms with Gasteiger partial charge in [0.1, 0.15) is 5.56 Å². The summed E-state index contributed by atoms with van der Waals surface area (Å²) in [7, 11) is 3.30. The number of hydrogen-bond acceptors (Lipinski definition) is 7. The number of hydrogen-bond donors (Lipinski definition) is 3. The maximum Gasteiger partial charge on any atom is 0.280 e. The summed E-state index contributed by atoms with van der Waals surface area (Å²) < 4.78 is 29.8. The van der Waals surface area contributed by atoms with Crippen LogP contribution in [-0.2, 0) is 13.6 Å². The number of anilines is 2. The van der Waals surface area contributed by atoms with Crippen LogP contribution in [0.4, 0.5) is 20.4 Å². The molecule has 13 heteroatoms. The second kappa shape index (κ2) is 14.7. The Labute approximate surface area is 274 Å². The van der Waals surface area contributed by atoms with E-state index in [4.69, 9.17) is 5.11 Å². The predicted molar refractivity (Wildman–Crippen MR) is 177 cm³/mol. The fourth-order valence-corrected chi connectivity index (χ4v) is 5.00. The van der Waals surface area contributed by atoms with E-state index in [1.165, 1.54) is 15.4 Å². The van der Waals surface area contributed by atoms with Crippen molar-refractivity contribution in [3.8, 4) is 11.8 Å². The maximum atomic E-state index is 13.7. The van der Waals surface area contributed by atoms with E-state index in [1.807, 2.05) is 6.07 Å². The Bertz CT molecular complexity index is 2110. The zero-order valence-electron chi connectivity index (χ0n) is 26.6. The second-order valence-corrected chi connectivity index (χ2v) is 11.1. The van der Waals surface area contributed by atoms with Crippen molar-refractivity contribution in [2.45, 2.75) is 19.9 Å². The lowest BCUT2D eigenvalue weighted by atomic mass is 10.1. The molecule has 0 aliphatic carbocycles. The minimum absolute atomic E-state index is 0.0174. The third-order valence-corrected chi connectivity index (χ3v) is 7.74. The topological polar surface area (TPSA) is 134 Å². The van der Waals surface area contributed by atoms with Crippen molar-refractivity contribution >= 4 is 34.4 Å². The normalized spacial score (nSPS) is 10.8. The molecule has 0 fully saturated rings. The predicted octanol–water partition coefficient (Wildman–Crippen LogP) is 3.74. The summed E-state index contributed by atoms with van der Waals surface area (Å²) in [6.45, 7) is 2.06. The van der Waals surface area contributed by atoms with Crippen LogP contribution in [0.25, 0.3) is 10.9 Å². The quantitative estimate of drug-likeness (QED) is 0.196. The zero-order chi connectivity index (χ0) is 34.4. The Balaban J connectivity index is 1.19. The average Bonchev–Trinajstić information content (AvgIpc) is 3.29. The zero-order valence-corrected chi connectivity index (χ0v) is 26.6. The van der Waals surface area contributed by atoms with Crippen LogP contribution in [0.5, 0.6) is 0 Å². The van der Waals surface area contributed by atoms with Gasteiger partial charge in [-0.1, -0.05) is 17.9 Å². The molecular formula is C35H33F2N7O4. The fourth-order valence-electron chi connectivity index (χ4n) is 5.00. The van der Waals surface area contributed by atoms with Crippen molar-refractivity contribution in [3.63, 3.8) is 0 Å². The molecule has 0 atom stereocenters. The second-order valence-electron chi connectivity index (χ2n) is 11.1. The fraction of sp³-hybridized carbons (Fsp3) is 0.229. The van der Waals surface area contributed by atoms with Gasteiger partial charge in [0.15, 0.2) is 11.6 Å². The van der Waals surface area contributed by atoms with Gasteiger partial charge in [-0.2, -0.15) is 0 Å². The van der Waals surface area contributed by atoms with Crippen LogP contribution in [0, 0.1) is 30.4 Å². The van der Waals surface area contributed by atoms with Gasteiger partial charge in [0.25, 0.3) is 17.4 Å². The van der Waals surface area contributed by atoms with Gasteiger partial charge in [-0.05, 0) is 73.5 Å². The molecule has 0 saturated carbocycles. The molecule has 246 valence electrons. The average molecular weight is 654 g/mol. The van der Waals surface area contributed by atoms with Gasteiger partial charge in [-0.25, -0.2) is 23.4 Å². The van der Waals surface area contributed by atoms with Gasteiger partial charge in [0.05, 0.1) is 18.6 Å². The molecule has 0 saturated heterocycles. The number of rotatable bonds is 10. The summed E-state index contributed by atoms with van der Waals surface area (Å²) in [5.41, 5.74) is 2.78. The molecule has 5 aromatic rings. The summed E-state index contributed by atoms with van der Waals surface area (Å²) in [4.78, 5) is 48.9. The third kappa shape index (κ3) is 7.56. The molecule has 2 aromatic heterocycles. The lowest BCUT2D eigenvalue weighted by Crippen LogP contribution is -2.31. The van der Waals surface area contributed by atoms with Crippen molar-refractivity contribution < 1.29 is 23.5 Å². The van der Waals surface area contributed by atoms with Gasteiger partial charge in [-0.3, -0.25) is 19.1 Å². The van der Waals surface area contributed by atoms with Crippen LogP contribution in [0.3, 0.4) is 0 Å². The maximum absolute atomic E-state index is 13.7. The summed E-state index contributed by atoms with van der Waals surface area (Å²) >= 11 is 0. The molecule has 0 aliphatic heterocycles. The van der Waals surface area contributed by atoms with Crippen molar-refractivity contribution in [1.82, 2.24) is 29.5 Å². The first-order valence-electron chi connectivity index (χ1n) is 15.0. The number of nitrogens with one attached hydrogen (secondary N) is 2. The molecule has 3 N–H and O–H groups in total. The van der Waals surface area contributed by atoms with Crippen molar-refractivity contribution in [3.05, 3.63) is 117 Å². The first-order chi connectivity index (χ1) is 23.0. The van der Waals surface area contributed by atoms with E-state index in [2.05, 4.69) is 32.4 Å². The van der Waals surface area contributed by atoms with E-state index in [1.54, 1.807) is 68.5 Å². The number of carbonyl (C=O) groups excluding carboxylic acids is 2. The van der Waals surface area contributed by atoms with Gasteiger partial charge < -0.3 is 20.6 Å². The SMILES string of the molecule is Cc1c(C(=O)NCC#Cc2ccc3nc(Nc4ccc(C(=O)N(C)CCCO)cc4)ncc3c2)c(=O)n(Cc2ccc(F)c(F)c2)n1C. The summed E-state index contributed by atoms with van der Waals surface area (Å²) in [5, 5.41) is 15.5. The number of aromatic nitrogens is 4. The lowest BCUT2D eigenvalue weighted by molar-refractivity contribution is 0.0786. The van der Waals surface area contributed by atoms with Gasteiger partial charge in [-0.15, -0.1) is 0 Å². The van der Waals surface area contributed by atoms with E-state index < -0.39 is 23.1 Å². The number of benzene rings is 3. The molecular weight excluding hydrogens is 620 g/mol. The van der Waals surface area contributed by atoms with Crippen LogP contribution in [-0.4, -0.2) is 67.9 Å². The number of nitrogens with zero attached hydrogens (tertiary/aromatic N) is 5. The highest BCUT2D eigenvalue weighted by Crippen LogP contribution is 2.19. The molecule has 11 nitrogen and oxygen atoms in total. The van der Waals surface area contributed by atoms with Crippen LogP contribution < -0.4 is 16.2 Å². The molecule has 0 spiro atoms. The number of amides is 2. The molecule has 2 heterocycles. The Kier molecular flexibility index (Phi) is 10.3.